The van der Waals surface area contributed by atoms with Gasteiger partial charge in [-0.1, -0.05) is 38.3 Å². The van der Waals surface area contributed by atoms with Gasteiger partial charge in [-0.3, -0.25) is 4.79 Å². The van der Waals surface area contributed by atoms with Gasteiger partial charge in [0.15, 0.2) is 0 Å². The first-order chi connectivity index (χ1) is 8.19. The first-order valence-electron chi connectivity index (χ1n) is 6.38. The first kappa shape index (κ1) is 13.7. The lowest BCUT2D eigenvalue weighted by Crippen LogP contribution is -2.15. The van der Waals surface area contributed by atoms with Crippen LogP contribution in [-0.2, 0) is 24.2 Å². The minimum atomic E-state index is -0.349. The molecule has 17 heavy (non-hydrogen) atoms. The summed E-state index contributed by atoms with van der Waals surface area (Å²) in [6.07, 6.45) is 5.83. The largest absolute Gasteiger partial charge is 0.369 e. The number of hydrogen-bond donors (Lipinski definition) is 1. The van der Waals surface area contributed by atoms with Crippen LogP contribution in [0.15, 0.2) is 0 Å². The predicted octanol–water partition coefficient (Wildman–Crippen LogP) is 1.45. The molecule has 0 aliphatic heterocycles. The lowest BCUT2D eigenvalue weighted by Gasteiger charge is -2.05. The van der Waals surface area contributed by atoms with E-state index < -0.39 is 0 Å². The van der Waals surface area contributed by atoms with Gasteiger partial charge in [0, 0.05) is 6.54 Å². The fourth-order valence-electron chi connectivity index (χ4n) is 1.93. The minimum absolute atomic E-state index is 0.193. The van der Waals surface area contributed by atoms with Gasteiger partial charge in [0.05, 0.1) is 17.8 Å². The molecule has 0 bridgehead atoms. The summed E-state index contributed by atoms with van der Waals surface area (Å²) in [5, 5.41) is 8.13. The van der Waals surface area contributed by atoms with Crippen LogP contribution >= 0.6 is 0 Å². The van der Waals surface area contributed by atoms with Crippen molar-refractivity contribution in [1.29, 1.82) is 0 Å². The van der Waals surface area contributed by atoms with Crippen LogP contribution < -0.4 is 5.73 Å². The van der Waals surface area contributed by atoms with E-state index in [-0.39, 0.29) is 12.3 Å². The summed E-state index contributed by atoms with van der Waals surface area (Å²) in [6, 6.07) is 0. The van der Waals surface area contributed by atoms with Gasteiger partial charge in [0.1, 0.15) is 0 Å². The highest BCUT2D eigenvalue weighted by atomic mass is 16.1. The van der Waals surface area contributed by atoms with Crippen LogP contribution in [0, 0.1) is 0 Å². The number of nitrogens with zero attached hydrogens (tertiary/aromatic N) is 3. The second-order valence-corrected chi connectivity index (χ2v) is 4.26. The average Bonchev–Trinajstić information content (AvgIpc) is 2.66. The van der Waals surface area contributed by atoms with E-state index in [1.165, 1.54) is 19.3 Å². The molecule has 0 radical (unpaired) electrons. The van der Waals surface area contributed by atoms with Gasteiger partial charge >= 0.3 is 0 Å². The van der Waals surface area contributed by atoms with Crippen molar-refractivity contribution in [3.8, 4) is 0 Å². The Morgan fingerprint density at radius 2 is 2.06 bits per heavy atom. The third kappa shape index (κ3) is 4.17. The quantitative estimate of drug-likeness (QED) is 0.696. The van der Waals surface area contributed by atoms with Crippen LogP contribution in [0.3, 0.4) is 0 Å². The van der Waals surface area contributed by atoms with Crippen LogP contribution in [0.1, 0.15) is 50.9 Å². The predicted molar refractivity (Wildman–Crippen MR) is 66.4 cm³/mol. The maximum Gasteiger partial charge on any atom is 0.223 e. The lowest BCUT2D eigenvalue weighted by molar-refractivity contribution is -0.117. The molecule has 0 spiro atoms. The molecule has 1 amide bonds. The van der Waals surface area contributed by atoms with Crippen molar-refractivity contribution >= 4 is 5.91 Å². The summed E-state index contributed by atoms with van der Waals surface area (Å²) in [6.45, 7) is 5.12. The van der Waals surface area contributed by atoms with Gasteiger partial charge in [-0.05, 0) is 12.8 Å². The number of amides is 1. The highest BCUT2D eigenvalue weighted by Crippen LogP contribution is 2.09. The molecule has 1 heterocycles. The van der Waals surface area contributed by atoms with Crippen molar-refractivity contribution in [1.82, 2.24) is 15.0 Å². The Balaban J connectivity index is 2.59. The fraction of sp³-hybridized carbons (Fsp3) is 0.750. The second kappa shape index (κ2) is 7.04. The molecular weight excluding hydrogens is 216 g/mol. The number of rotatable bonds is 8. The normalized spacial score (nSPS) is 10.7. The van der Waals surface area contributed by atoms with E-state index in [2.05, 4.69) is 17.2 Å². The van der Waals surface area contributed by atoms with Crippen molar-refractivity contribution in [3.63, 3.8) is 0 Å². The van der Waals surface area contributed by atoms with Crippen LogP contribution in [0.4, 0.5) is 0 Å². The van der Waals surface area contributed by atoms with E-state index in [1.807, 2.05) is 11.6 Å². The van der Waals surface area contributed by atoms with Crippen molar-refractivity contribution in [2.75, 3.05) is 0 Å². The van der Waals surface area contributed by atoms with Crippen molar-refractivity contribution in [3.05, 3.63) is 11.4 Å². The Morgan fingerprint density at radius 3 is 2.65 bits per heavy atom. The number of carbonyl (C=O) groups is 1. The highest BCUT2D eigenvalue weighted by molar-refractivity contribution is 5.76. The number of carbonyl (C=O) groups excluding carboxylic acids is 1. The number of unbranched alkanes of at least 4 members (excludes halogenated alkanes) is 3. The molecule has 0 aliphatic rings. The molecule has 0 saturated heterocycles. The molecule has 0 fully saturated rings. The maximum absolute atomic E-state index is 10.9. The van der Waals surface area contributed by atoms with Gasteiger partial charge in [-0.25, -0.2) is 4.68 Å². The first-order valence-corrected chi connectivity index (χ1v) is 6.38. The van der Waals surface area contributed by atoms with Gasteiger partial charge in [0.25, 0.3) is 0 Å². The number of hydrogen-bond acceptors (Lipinski definition) is 3. The standard InChI is InChI=1S/C12H22N4O/c1-3-5-6-7-8-16-11(4-2)10(14-15-16)9-12(13)17/h3-9H2,1-2H3,(H2,13,17). The molecule has 1 rings (SSSR count). The molecular formula is C12H22N4O. The lowest BCUT2D eigenvalue weighted by atomic mass is 10.2. The number of aryl methyl sites for hydroxylation is 1. The second-order valence-electron chi connectivity index (χ2n) is 4.26. The zero-order valence-corrected chi connectivity index (χ0v) is 10.8. The average molecular weight is 238 g/mol. The Labute approximate surface area is 102 Å². The molecule has 0 unspecified atom stereocenters. The van der Waals surface area contributed by atoms with Crippen LogP contribution in [0.2, 0.25) is 0 Å². The van der Waals surface area contributed by atoms with Gasteiger partial charge in [0.2, 0.25) is 5.91 Å². The third-order valence-corrected chi connectivity index (χ3v) is 2.82. The summed E-state index contributed by atoms with van der Waals surface area (Å²) < 4.78 is 1.91. The molecule has 0 atom stereocenters. The van der Waals surface area contributed by atoms with E-state index in [1.54, 1.807) is 0 Å². The van der Waals surface area contributed by atoms with Crippen LogP contribution in [0.25, 0.3) is 0 Å². The summed E-state index contributed by atoms with van der Waals surface area (Å²) in [4.78, 5) is 10.9. The smallest absolute Gasteiger partial charge is 0.223 e. The van der Waals surface area contributed by atoms with E-state index in [0.29, 0.717) is 0 Å². The molecule has 1 aromatic heterocycles. The van der Waals surface area contributed by atoms with E-state index in [9.17, 15) is 4.79 Å². The molecule has 0 saturated carbocycles. The Morgan fingerprint density at radius 1 is 1.29 bits per heavy atom. The molecule has 5 heteroatoms. The summed E-state index contributed by atoms with van der Waals surface area (Å²) in [7, 11) is 0. The SMILES string of the molecule is CCCCCCn1nnc(CC(N)=O)c1CC. The van der Waals surface area contributed by atoms with Crippen LogP contribution in [0.5, 0.6) is 0 Å². The Bertz CT molecular complexity index is 359. The summed E-state index contributed by atoms with van der Waals surface area (Å²) in [5.74, 6) is -0.349. The topological polar surface area (TPSA) is 73.8 Å². The highest BCUT2D eigenvalue weighted by Gasteiger charge is 2.12. The number of nitrogens with two attached hydrogens (primary N) is 1. The van der Waals surface area contributed by atoms with Crippen molar-refractivity contribution in [2.24, 2.45) is 5.73 Å². The van der Waals surface area contributed by atoms with Crippen molar-refractivity contribution < 1.29 is 4.79 Å². The molecule has 2 N–H and O–H groups in total. The van der Waals surface area contributed by atoms with E-state index >= 15 is 0 Å². The summed E-state index contributed by atoms with van der Waals surface area (Å²) >= 11 is 0. The Hall–Kier alpha value is -1.39. The Kier molecular flexibility index (Phi) is 5.66. The fourth-order valence-corrected chi connectivity index (χ4v) is 1.93. The number of aromatic nitrogens is 3. The minimum Gasteiger partial charge on any atom is -0.369 e. The van der Waals surface area contributed by atoms with E-state index in [0.717, 1.165) is 30.8 Å². The molecule has 5 nitrogen and oxygen atoms in total. The number of primary amides is 1. The monoisotopic (exact) mass is 238 g/mol. The zero-order chi connectivity index (χ0) is 12.7. The van der Waals surface area contributed by atoms with E-state index in [4.69, 9.17) is 5.73 Å². The molecule has 0 aromatic carbocycles. The maximum atomic E-state index is 10.9. The van der Waals surface area contributed by atoms with Gasteiger partial charge < -0.3 is 5.73 Å². The molecule has 0 aliphatic carbocycles. The zero-order valence-electron chi connectivity index (χ0n) is 10.8. The third-order valence-electron chi connectivity index (χ3n) is 2.82. The molecule has 1 aromatic rings. The molecule has 96 valence electrons. The summed E-state index contributed by atoms with van der Waals surface area (Å²) in [5.41, 5.74) is 6.95. The van der Waals surface area contributed by atoms with Gasteiger partial charge in [-0.2, -0.15) is 0 Å². The van der Waals surface area contributed by atoms with Crippen molar-refractivity contribution in [2.45, 2.75) is 58.9 Å². The van der Waals surface area contributed by atoms with Gasteiger partial charge in [-0.15, -0.1) is 5.10 Å². The van der Waals surface area contributed by atoms with Crippen LogP contribution in [-0.4, -0.2) is 20.9 Å².